The van der Waals surface area contributed by atoms with Crippen molar-refractivity contribution in [3.05, 3.63) is 24.4 Å². The predicted molar refractivity (Wildman–Crippen MR) is 29.6 cm³/mol. The molecule has 1 aromatic heterocycles. The second-order valence-corrected chi connectivity index (χ2v) is 1.31. The summed E-state index contributed by atoms with van der Waals surface area (Å²) < 4.78 is 4.77. The number of nitrogens with zero attached hydrogens (tertiary/aromatic N) is 1. The summed E-state index contributed by atoms with van der Waals surface area (Å²) in [5.74, 6) is 0.604. The molecule has 1 heterocycles. The van der Waals surface area contributed by atoms with E-state index in [1.165, 1.54) is 0 Å². The van der Waals surface area contributed by atoms with Gasteiger partial charge in [-0.1, -0.05) is 6.07 Å². The number of rotatable bonds is 1. The Labute approximate surface area is 83.5 Å². The third-order valence-corrected chi connectivity index (χ3v) is 0.793. The van der Waals surface area contributed by atoms with Crippen LogP contribution in [0.15, 0.2) is 18.2 Å². The maximum absolute atomic E-state index is 4.77. The number of aromatic nitrogens is 1. The molecule has 0 fully saturated rings. The minimum atomic E-state index is 0. The molecule has 1 aromatic rings. The van der Waals surface area contributed by atoms with Gasteiger partial charge in [0.2, 0.25) is 5.88 Å². The maximum atomic E-state index is 4.77. The normalized spacial score (nSPS) is 6.90. The summed E-state index contributed by atoms with van der Waals surface area (Å²) in [6.07, 6.45) is 2.64. The van der Waals surface area contributed by atoms with Gasteiger partial charge in [0.15, 0.2) is 0 Å². The van der Waals surface area contributed by atoms with Gasteiger partial charge >= 0.3 is 0 Å². The zero-order valence-electron chi connectivity index (χ0n) is 5.67. The van der Waals surface area contributed by atoms with Crippen LogP contribution in [0, 0.1) is 6.20 Å². The van der Waals surface area contributed by atoms with E-state index in [1.807, 2.05) is 6.07 Å². The van der Waals surface area contributed by atoms with Crippen LogP contribution in [0.5, 0.6) is 5.88 Å². The van der Waals surface area contributed by atoms with Gasteiger partial charge in [-0.05, 0) is 6.07 Å². The number of methoxy groups -OCH3 is 1. The molecule has 51 valence electrons. The van der Waals surface area contributed by atoms with Crippen molar-refractivity contribution >= 4 is 0 Å². The fraction of sp³-hybridized carbons (Fsp3) is 0.167. The largest absolute Gasteiger partial charge is 1.00 e. The Bertz CT molecular complexity index is 159. The zero-order valence-corrected chi connectivity index (χ0v) is 10.2. The van der Waals surface area contributed by atoms with Gasteiger partial charge in [-0.25, -0.2) is 4.98 Å². The van der Waals surface area contributed by atoms with Crippen molar-refractivity contribution in [1.82, 2.24) is 4.98 Å². The Balaban J connectivity index is 0. The van der Waals surface area contributed by atoms with E-state index in [1.54, 1.807) is 19.2 Å². The SMILES string of the molecule is COc1ccc[c]n1.[Br-].[Zn]. The first-order valence-electron chi connectivity index (χ1n) is 2.30. The Kier molecular flexibility index (Phi) is 9.10. The Hall–Kier alpha value is 0.0534. The van der Waals surface area contributed by atoms with Crippen LogP contribution in [0.4, 0.5) is 0 Å². The van der Waals surface area contributed by atoms with E-state index in [9.17, 15) is 0 Å². The van der Waals surface area contributed by atoms with Gasteiger partial charge in [0.1, 0.15) is 0 Å². The van der Waals surface area contributed by atoms with Gasteiger partial charge in [-0.15, -0.1) is 0 Å². The molecule has 0 unspecified atom stereocenters. The standard InChI is InChI=1S/C6H6NO.BrH.Zn/c1-8-6-4-2-3-5-7-6;;/h2-4H,1H3;1H;/p-1. The number of halogens is 1. The number of pyridine rings is 1. The second-order valence-electron chi connectivity index (χ2n) is 1.31. The van der Waals surface area contributed by atoms with Crippen LogP contribution in [0.3, 0.4) is 0 Å². The Morgan fingerprint density at radius 3 is 2.60 bits per heavy atom. The summed E-state index contributed by atoms with van der Waals surface area (Å²) in [5.41, 5.74) is 0. The quantitative estimate of drug-likeness (QED) is 0.535. The molecule has 0 aromatic carbocycles. The van der Waals surface area contributed by atoms with Gasteiger partial charge in [0.05, 0.1) is 13.3 Å². The molecule has 2 nitrogen and oxygen atoms in total. The molecule has 0 bridgehead atoms. The summed E-state index contributed by atoms with van der Waals surface area (Å²) >= 11 is 0. The summed E-state index contributed by atoms with van der Waals surface area (Å²) in [6.45, 7) is 0. The number of hydrogen-bond donors (Lipinski definition) is 0. The molecular weight excluding hydrogens is 247 g/mol. The summed E-state index contributed by atoms with van der Waals surface area (Å²) in [7, 11) is 1.58. The second kappa shape index (κ2) is 7.16. The molecule has 0 amide bonds. The fourth-order valence-electron chi connectivity index (χ4n) is 0.425. The minimum absolute atomic E-state index is 0. The number of ether oxygens (including phenoxy) is 1. The van der Waals surface area contributed by atoms with Crippen molar-refractivity contribution in [1.29, 1.82) is 0 Å². The van der Waals surface area contributed by atoms with Crippen molar-refractivity contribution in [2.45, 2.75) is 0 Å². The molecule has 10 heavy (non-hydrogen) atoms. The molecule has 0 saturated heterocycles. The molecule has 4 heteroatoms. The van der Waals surface area contributed by atoms with Crippen LogP contribution >= 0.6 is 0 Å². The summed E-state index contributed by atoms with van der Waals surface area (Å²) in [4.78, 5) is 3.75. The van der Waals surface area contributed by atoms with Gasteiger partial charge in [-0.2, -0.15) is 0 Å². The number of hydrogen-bond acceptors (Lipinski definition) is 2. The molecule has 0 aliphatic rings. The van der Waals surface area contributed by atoms with E-state index < -0.39 is 0 Å². The van der Waals surface area contributed by atoms with E-state index >= 15 is 0 Å². The topological polar surface area (TPSA) is 22.1 Å². The average Bonchev–Trinajstić information content (AvgIpc) is 1.90. The maximum Gasteiger partial charge on any atom is 0.213 e. The van der Waals surface area contributed by atoms with Crippen molar-refractivity contribution in [3.8, 4) is 5.88 Å². The van der Waals surface area contributed by atoms with Gasteiger partial charge in [0.25, 0.3) is 0 Å². The zero-order chi connectivity index (χ0) is 5.82. The molecule has 0 saturated carbocycles. The van der Waals surface area contributed by atoms with Crippen LogP contribution in [-0.2, 0) is 19.5 Å². The monoisotopic (exact) mass is 251 g/mol. The summed E-state index contributed by atoms with van der Waals surface area (Å²) in [6, 6.07) is 5.32. The molecule has 0 spiro atoms. The smallest absolute Gasteiger partial charge is 0.213 e. The molecule has 0 aliphatic carbocycles. The molecule has 1 radical (unpaired) electrons. The summed E-state index contributed by atoms with van der Waals surface area (Å²) in [5, 5.41) is 0. The Morgan fingerprint density at radius 2 is 2.30 bits per heavy atom. The van der Waals surface area contributed by atoms with Crippen LogP contribution in [0.25, 0.3) is 0 Å². The fourth-order valence-corrected chi connectivity index (χ4v) is 0.425. The van der Waals surface area contributed by atoms with E-state index in [0.29, 0.717) is 5.88 Å². The van der Waals surface area contributed by atoms with Gasteiger partial charge in [0, 0.05) is 25.5 Å². The van der Waals surface area contributed by atoms with Crippen molar-refractivity contribution < 1.29 is 41.2 Å². The molecule has 0 atom stereocenters. The van der Waals surface area contributed by atoms with E-state index in [2.05, 4.69) is 11.2 Å². The van der Waals surface area contributed by atoms with Crippen LogP contribution in [0.1, 0.15) is 0 Å². The van der Waals surface area contributed by atoms with Gasteiger partial charge < -0.3 is 21.7 Å². The molecule has 0 aliphatic heterocycles. The van der Waals surface area contributed by atoms with E-state index in [0.717, 1.165) is 0 Å². The first-order valence-corrected chi connectivity index (χ1v) is 2.30. The first kappa shape index (κ1) is 12.7. The van der Waals surface area contributed by atoms with E-state index in [-0.39, 0.29) is 36.5 Å². The third kappa shape index (κ3) is 3.96. The van der Waals surface area contributed by atoms with Crippen molar-refractivity contribution in [2.75, 3.05) is 7.11 Å². The minimum Gasteiger partial charge on any atom is -1.00 e. The van der Waals surface area contributed by atoms with Crippen LogP contribution in [0.2, 0.25) is 0 Å². The molecule has 1 rings (SSSR count). The molecule has 0 N–H and O–H groups in total. The Morgan fingerprint density at radius 1 is 1.60 bits per heavy atom. The third-order valence-electron chi connectivity index (χ3n) is 0.793. The van der Waals surface area contributed by atoms with Crippen molar-refractivity contribution in [3.63, 3.8) is 0 Å². The van der Waals surface area contributed by atoms with Crippen LogP contribution in [-0.4, -0.2) is 12.1 Å². The van der Waals surface area contributed by atoms with Gasteiger partial charge in [-0.3, -0.25) is 0 Å². The predicted octanol–water partition coefficient (Wildman–Crippen LogP) is -2.11. The van der Waals surface area contributed by atoms with E-state index in [4.69, 9.17) is 4.74 Å². The molecular formula is C6H6BrNOZn-. The average molecular weight is 253 g/mol. The van der Waals surface area contributed by atoms with Crippen molar-refractivity contribution in [2.24, 2.45) is 0 Å². The van der Waals surface area contributed by atoms with Crippen LogP contribution < -0.4 is 21.7 Å². The first-order chi connectivity index (χ1) is 3.93.